The lowest BCUT2D eigenvalue weighted by Gasteiger charge is -2.12. The molecule has 0 spiro atoms. The quantitative estimate of drug-likeness (QED) is 0.746. The number of pyridine rings is 1. The van der Waals surface area contributed by atoms with Crippen LogP contribution in [-0.2, 0) is 0 Å². The molecule has 1 aromatic carbocycles. The van der Waals surface area contributed by atoms with Gasteiger partial charge in [-0.2, -0.15) is 0 Å². The zero-order valence-corrected chi connectivity index (χ0v) is 11.3. The Bertz CT molecular complexity index is 699. The maximum atomic E-state index is 5.95. The maximum Gasteiger partial charge on any atom is 0.262 e. The average molecular weight is 285 g/mol. The molecular formula is C15H15N3O3. The third-order valence-corrected chi connectivity index (χ3v) is 2.88. The fourth-order valence-electron chi connectivity index (χ4n) is 1.84. The number of ether oxygens (including phenoxy) is 2. The Morgan fingerprint density at radius 3 is 2.81 bits per heavy atom. The molecule has 1 atom stereocenters. The lowest BCUT2D eigenvalue weighted by Crippen LogP contribution is -2.34. The highest BCUT2D eigenvalue weighted by Crippen LogP contribution is 2.24. The van der Waals surface area contributed by atoms with Crippen LogP contribution in [0, 0.1) is 0 Å². The Labute approximate surface area is 121 Å². The van der Waals surface area contributed by atoms with Crippen molar-refractivity contribution in [1.29, 1.82) is 0 Å². The summed E-state index contributed by atoms with van der Waals surface area (Å²) in [5, 5.41) is 4.71. The molecule has 0 saturated carbocycles. The molecular weight excluding hydrogens is 270 g/mol. The van der Waals surface area contributed by atoms with Gasteiger partial charge in [-0.3, -0.25) is 4.98 Å². The van der Waals surface area contributed by atoms with E-state index in [0.717, 1.165) is 5.39 Å². The van der Waals surface area contributed by atoms with E-state index in [9.17, 15) is 0 Å². The second-order valence-electron chi connectivity index (χ2n) is 4.55. The summed E-state index contributed by atoms with van der Waals surface area (Å²) in [7, 11) is 0. The number of para-hydroxylation sites is 1. The van der Waals surface area contributed by atoms with Crippen molar-refractivity contribution in [2.24, 2.45) is 5.73 Å². The number of fused-ring (bicyclic) bond motifs is 1. The molecule has 0 aliphatic heterocycles. The largest absolute Gasteiger partial charge is 0.490 e. The zero-order chi connectivity index (χ0) is 14.5. The van der Waals surface area contributed by atoms with E-state index in [0.29, 0.717) is 23.8 Å². The third-order valence-electron chi connectivity index (χ3n) is 2.88. The highest BCUT2D eigenvalue weighted by atomic mass is 16.5. The van der Waals surface area contributed by atoms with Crippen molar-refractivity contribution in [1.82, 2.24) is 10.1 Å². The number of rotatable bonds is 6. The molecule has 0 aliphatic carbocycles. The molecule has 0 amide bonds. The van der Waals surface area contributed by atoms with E-state index in [1.807, 2.05) is 30.3 Å². The lowest BCUT2D eigenvalue weighted by atomic mass is 10.3. The molecule has 3 aromatic rings. The van der Waals surface area contributed by atoms with E-state index >= 15 is 0 Å². The Balaban J connectivity index is 1.53. The molecule has 108 valence electrons. The van der Waals surface area contributed by atoms with Crippen molar-refractivity contribution in [2.45, 2.75) is 6.04 Å². The van der Waals surface area contributed by atoms with Gasteiger partial charge >= 0.3 is 0 Å². The van der Waals surface area contributed by atoms with Crippen LogP contribution in [0.5, 0.6) is 11.6 Å². The molecule has 0 radical (unpaired) electrons. The molecule has 6 nitrogen and oxygen atoms in total. The van der Waals surface area contributed by atoms with Gasteiger partial charge in [0.15, 0.2) is 5.58 Å². The molecule has 6 heteroatoms. The van der Waals surface area contributed by atoms with Crippen LogP contribution in [0.2, 0.25) is 0 Å². The fourth-order valence-corrected chi connectivity index (χ4v) is 1.84. The number of hydrogen-bond acceptors (Lipinski definition) is 6. The fraction of sp³-hybridized carbons (Fsp3) is 0.200. The van der Waals surface area contributed by atoms with Crippen molar-refractivity contribution < 1.29 is 14.0 Å². The lowest BCUT2D eigenvalue weighted by molar-refractivity contribution is 0.210. The van der Waals surface area contributed by atoms with Crippen LogP contribution in [0.15, 0.2) is 53.3 Å². The highest BCUT2D eigenvalue weighted by molar-refractivity contribution is 5.81. The first kappa shape index (κ1) is 13.4. The van der Waals surface area contributed by atoms with Crippen molar-refractivity contribution in [3.05, 3.63) is 48.8 Å². The Morgan fingerprint density at radius 2 is 1.95 bits per heavy atom. The summed E-state index contributed by atoms with van der Waals surface area (Å²) in [6.07, 6.45) is 3.32. The Hall–Kier alpha value is -2.60. The molecule has 3 rings (SSSR count). The van der Waals surface area contributed by atoms with E-state index < -0.39 is 0 Å². The van der Waals surface area contributed by atoms with Crippen LogP contribution in [0.1, 0.15) is 0 Å². The molecule has 1 unspecified atom stereocenters. The number of nitrogens with zero attached hydrogens (tertiary/aromatic N) is 2. The van der Waals surface area contributed by atoms with Crippen molar-refractivity contribution in [3.8, 4) is 11.6 Å². The summed E-state index contributed by atoms with van der Waals surface area (Å²) >= 11 is 0. The molecule has 2 heterocycles. The topological polar surface area (TPSA) is 83.4 Å². The van der Waals surface area contributed by atoms with Crippen LogP contribution in [0.25, 0.3) is 11.0 Å². The van der Waals surface area contributed by atoms with Gasteiger partial charge < -0.3 is 19.7 Å². The normalized spacial score (nSPS) is 12.2. The molecule has 0 aliphatic rings. The number of nitrogens with two attached hydrogens (primary N) is 1. The van der Waals surface area contributed by atoms with E-state index in [4.69, 9.17) is 19.7 Å². The minimum atomic E-state index is -0.277. The number of aromatic nitrogens is 2. The van der Waals surface area contributed by atoms with Crippen LogP contribution in [0.4, 0.5) is 0 Å². The van der Waals surface area contributed by atoms with Gasteiger partial charge in [-0.15, -0.1) is 0 Å². The van der Waals surface area contributed by atoms with Crippen LogP contribution < -0.4 is 15.2 Å². The maximum absolute atomic E-state index is 5.95. The highest BCUT2D eigenvalue weighted by Gasteiger charge is 2.11. The van der Waals surface area contributed by atoms with Crippen molar-refractivity contribution in [3.63, 3.8) is 0 Å². The number of hydrogen-bond donors (Lipinski definition) is 1. The van der Waals surface area contributed by atoms with Crippen LogP contribution in [0.3, 0.4) is 0 Å². The van der Waals surface area contributed by atoms with Gasteiger partial charge in [-0.25, -0.2) is 0 Å². The van der Waals surface area contributed by atoms with Gasteiger partial charge in [-0.05, 0) is 29.4 Å². The van der Waals surface area contributed by atoms with Gasteiger partial charge in [0.25, 0.3) is 5.88 Å². The first-order valence-electron chi connectivity index (χ1n) is 6.58. The monoisotopic (exact) mass is 285 g/mol. The molecule has 0 fully saturated rings. The van der Waals surface area contributed by atoms with E-state index in [2.05, 4.69) is 10.1 Å². The summed E-state index contributed by atoms with van der Waals surface area (Å²) in [5.74, 6) is 1.13. The second kappa shape index (κ2) is 6.23. The summed E-state index contributed by atoms with van der Waals surface area (Å²) in [5.41, 5.74) is 6.64. The zero-order valence-electron chi connectivity index (χ0n) is 11.3. The van der Waals surface area contributed by atoms with Gasteiger partial charge in [-0.1, -0.05) is 12.1 Å². The summed E-state index contributed by atoms with van der Waals surface area (Å²) in [6.45, 7) is 0.623. The smallest absolute Gasteiger partial charge is 0.262 e. The summed E-state index contributed by atoms with van der Waals surface area (Å²) in [6, 6.07) is 10.9. The Kier molecular flexibility index (Phi) is 3.97. The third kappa shape index (κ3) is 3.29. The predicted octanol–water partition coefficient (Wildman–Crippen LogP) is 2.01. The predicted molar refractivity (Wildman–Crippen MR) is 77.2 cm³/mol. The first-order chi connectivity index (χ1) is 10.3. The first-order valence-corrected chi connectivity index (χ1v) is 6.58. The SMILES string of the molecule is NC(COc1cccnc1)COc1noc2ccccc12. The standard InChI is InChI=1S/C15H15N3O3/c16-11(9-19-12-4-3-7-17-8-12)10-20-15-13-5-1-2-6-14(13)21-18-15/h1-8,11H,9-10,16H2. The van der Waals surface area contributed by atoms with Crippen LogP contribution >= 0.6 is 0 Å². The average Bonchev–Trinajstić information content (AvgIpc) is 2.95. The van der Waals surface area contributed by atoms with E-state index in [-0.39, 0.29) is 12.6 Å². The molecule has 0 bridgehead atoms. The van der Waals surface area contributed by atoms with Gasteiger partial charge in [0.05, 0.1) is 17.6 Å². The van der Waals surface area contributed by atoms with Crippen molar-refractivity contribution in [2.75, 3.05) is 13.2 Å². The molecule has 21 heavy (non-hydrogen) atoms. The molecule has 0 saturated heterocycles. The summed E-state index contributed by atoms with van der Waals surface area (Å²) in [4.78, 5) is 3.96. The Morgan fingerprint density at radius 1 is 1.10 bits per heavy atom. The minimum Gasteiger partial charge on any atom is -0.490 e. The number of benzene rings is 1. The van der Waals surface area contributed by atoms with Gasteiger partial charge in [0.1, 0.15) is 19.0 Å². The van der Waals surface area contributed by atoms with E-state index in [1.54, 1.807) is 18.5 Å². The second-order valence-corrected chi connectivity index (χ2v) is 4.55. The molecule has 2 aromatic heterocycles. The van der Waals surface area contributed by atoms with Gasteiger partial charge in [0, 0.05) is 6.20 Å². The van der Waals surface area contributed by atoms with Gasteiger partial charge in [0.2, 0.25) is 0 Å². The minimum absolute atomic E-state index is 0.277. The molecule has 2 N–H and O–H groups in total. The summed E-state index contributed by atoms with van der Waals surface area (Å²) < 4.78 is 16.3. The van der Waals surface area contributed by atoms with E-state index in [1.165, 1.54) is 0 Å². The van der Waals surface area contributed by atoms with Crippen LogP contribution in [-0.4, -0.2) is 29.4 Å². The van der Waals surface area contributed by atoms with Crippen molar-refractivity contribution >= 4 is 11.0 Å².